The molecule has 12 heavy (non-hydrogen) atoms. The minimum Gasteiger partial charge on any atom is -0.380 e. The molecule has 3 heteroatoms. The Kier molecular flexibility index (Phi) is 4.06. The summed E-state index contributed by atoms with van der Waals surface area (Å²) < 4.78 is 5.30. The SMILES string of the molecule is CCC(C#N)NC1CCCOC1. The monoisotopic (exact) mass is 168 g/mol. The summed E-state index contributed by atoms with van der Waals surface area (Å²) in [7, 11) is 0. The first-order valence-corrected chi connectivity index (χ1v) is 4.60. The van der Waals surface area contributed by atoms with Crippen molar-refractivity contribution >= 4 is 0 Å². The molecule has 0 aromatic rings. The van der Waals surface area contributed by atoms with Crippen LogP contribution in [0.15, 0.2) is 0 Å². The quantitative estimate of drug-likeness (QED) is 0.685. The molecule has 0 aliphatic carbocycles. The number of hydrogen-bond donors (Lipinski definition) is 1. The topological polar surface area (TPSA) is 45.0 Å². The largest absolute Gasteiger partial charge is 0.380 e. The van der Waals surface area contributed by atoms with E-state index < -0.39 is 0 Å². The summed E-state index contributed by atoms with van der Waals surface area (Å²) >= 11 is 0. The molecule has 0 radical (unpaired) electrons. The molecule has 1 fully saturated rings. The first-order chi connectivity index (χ1) is 5.86. The summed E-state index contributed by atoms with van der Waals surface area (Å²) in [6.07, 6.45) is 3.12. The van der Waals surface area contributed by atoms with Gasteiger partial charge in [-0.25, -0.2) is 0 Å². The molecule has 0 spiro atoms. The molecule has 1 aliphatic rings. The van der Waals surface area contributed by atoms with Crippen LogP contribution in [-0.2, 0) is 4.74 Å². The summed E-state index contributed by atoms with van der Waals surface area (Å²) in [4.78, 5) is 0. The van der Waals surface area contributed by atoms with Gasteiger partial charge < -0.3 is 4.74 Å². The van der Waals surface area contributed by atoms with Crippen molar-refractivity contribution in [2.45, 2.75) is 38.3 Å². The first kappa shape index (κ1) is 9.50. The number of rotatable bonds is 3. The summed E-state index contributed by atoms with van der Waals surface area (Å²) in [5.41, 5.74) is 0. The minimum absolute atomic E-state index is 0.00306. The zero-order chi connectivity index (χ0) is 8.81. The van der Waals surface area contributed by atoms with E-state index >= 15 is 0 Å². The Morgan fingerprint density at radius 3 is 3.08 bits per heavy atom. The van der Waals surface area contributed by atoms with Crippen LogP contribution in [0.25, 0.3) is 0 Å². The fourth-order valence-corrected chi connectivity index (χ4v) is 1.40. The molecule has 2 atom stereocenters. The van der Waals surface area contributed by atoms with Gasteiger partial charge in [-0.1, -0.05) is 6.92 Å². The maximum atomic E-state index is 8.70. The summed E-state index contributed by atoms with van der Waals surface area (Å²) in [6.45, 7) is 3.66. The van der Waals surface area contributed by atoms with E-state index in [1.807, 2.05) is 6.92 Å². The normalized spacial score (nSPS) is 26.2. The van der Waals surface area contributed by atoms with Gasteiger partial charge >= 0.3 is 0 Å². The molecule has 1 saturated heterocycles. The smallest absolute Gasteiger partial charge is 0.0953 e. The first-order valence-electron chi connectivity index (χ1n) is 4.60. The van der Waals surface area contributed by atoms with Gasteiger partial charge in [0.2, 0.25) is 0 Å². The third-order valence-electron chi connectivity index (χ3n) is 2.16. The van der Waals surface area contributed by atoms with Crippen molar-refractivity contribution in [2.24, 2.45) is 0 Å². The van der Waals surface area contributed by atoms with Crippen LogP contribution in [0, 0.1) is 11.3 Å². The van der Waals surface area contributed by atoms with Crippen molar-refractivity contribution in [3.8, 4) is 6.07 Å². The Morgan fingerprint density at radius 2 is 2.58 bits per heavy atom. The van der Waals surface area contributed by atoms with Crippen LogP contribution in [0.4, 0.5) is 0 Å². The second-order valence-corrected chi connectivity index (χ2v) is 3.17. The van der Waals surface area contributed by atoms with Gasteiger partial charge in [-0.05, 0) is 19.3 Å². The van der Waals surface area contributed by atoms with Gasteiger partial charge in [-0.15, -0.1) is 0 Å². The van der Waals surface area contributed by atoms with Gasteiger partial charge in [-0.2, -0.15) is 5.26 Å². The van der Waals surface area contributed by atoms with E-state index in [9.17, 15) is 0 Å². The lowest BCUT2D eigenvalue weighted by molar-refractivity contribution is 0.0683. The van der Waals surface area contributed by atoms with Crippen molar-refractivity contribution in [3.05, 3.63) is 0 Å². The molecule has 0 bridgehead atoms. The molecule has 0 saturated carbocycles. The van der Waals surface area contributed by atoms with E-state index in [1.165, 1.54) is 0 Å². The average molecular weight is 168 g/mol. The fourth-order valence-electron chi connectivity index (χ4n) is 1.40. The molecule has 3 nitrogen and oxygen atoms in total. The summed E-state index contributed by atoms with van der Waals surface area (Å²) in [5.74, 6) is 0. The van der Waals surface area contributed by atoms with Crippen LogP contribution in [0.3, 0.4) is 0 Å². The van der Waals surface area contributed by atoms with Gasteiger partial charge in [-0.3, -0.25) is 5.32 Å². The lowest BCUT2D eigenvalue weighted by atomic mass is 10.1. The number of ether oxygens (including phenoxy) is 1. The number of nitriles is 1. The number of nitrogens with one attached hydrogen (secondary N) is 1. The molecule has 68 valence electrons. The zero-order valence-corrected chi connectivity index (χ0v) is 7.55. The van der Waals surface area contributed by atoms with Crippen LogP contribution in [0.1, 0.15) is 26.2 Å². The highest BCUT2D eigenvalue weighted by molar-refractivity contribution is 4.91. The molecule has 1 aliphatic heterocycles. The molecule has 1 N–H and O–H groups in total. The zero-order valence-electron chi connectivity index (χ0n) is 7.55. The third-order valence-corrected chi connectivity index (χ3v) is 2.16. The van der Waals surface area contributed by atoms with Crippen molar-refractivity contribution < 1.29 is 4.74 Å². The van der Waals surface area contributed by atoms with E-state index in [0.717, 1.165) is 32.5 Å². The highest BCUT2D eigenvalue weighted by Gasteiger charge is 2.16. The van der Waals surface area contributed by atoms with Gasteiger partial charge in [0.05, 0.1) is 18.7 Å². The van der Waals surface area contributed by atoms with Crippen LogP contribution in [0.2, 0.25) is 0 Å². The maximum Gasteiger partial charge on any atom is 0.0953 e. The molecular weight excluding hydrogens is 152 g/mol. The summed E-state index contributed by atoms with van der Waals surface area (Å²) in [5, 5.41) is 12.0. The highest BCUT2D eigenvalue weighted by atomic mass is 16.5. The van der Waals surface area contributed by atoms with E-state index in [4.69, 9.17) is 10.00 Å². The second kappa shape index (κ2) is 5.13. The maximum absolute atomic E-state index is 8.70. The predicted molar refractivity (Wildman–Crippen MR) is 46.7 cm³/mol. The molecule has 0 aromatic carbocycles. The van der Waals surface area contributed by atoms with Crippen LogP contribution in [-0.4, -0.2) is 25.3 Å². The Balaban J connectivity index is 2.24. The highest BCUT2D eigenvalue weighted by Crippen LogP contribution is 2.07. The van der Waals surface area contributed by atoms with Crippen molar-refractivity contribution in [1.82, 2.24) is 5.32 Å². The molecule has 2 unspecified atom stereocenters. The minimum atomic E-state index is -0.00306. The van der Waals surface area contributed by atoms with Gasteiger partial charge in [0.25, 0.3) is 0 Å². The van der Waals surface area contributed by atoms with Crippen LogP contribution < -0.4 is 5.32 Å². The molecule has 0 amide bonds. The average Bonchev–Trinajstić information content (AvgIpc) is 2.16. The van der Waals surface area contributed by atoms with Crippen molar-refractivity contribution in [1.29, 1.82) is 5.26 Å². The molecule has 0 aromatic heterocycles. The van der Waals surface area contributed by atoms with E-state index in [0.29, 0.717) is 6.04 Å². The van der Waals surface area contributed by atoms with Gasteiger partial charge in [0.1, 0.15) is 0 Å². The lowest BCUT2D eigenvalue weighted by Crippen LogP contribution is -2.42. The number of nitrogens with zero attached hydrogens (tertiary/aromatic N) is 1. The van der Waals surface area contributed by atoms with Crippen LogP contribution >= 0.6 is 0 Å². The number of hydrogen-bond acceptors (Lipinski definition) is 3. The summed E-state index contributed by atoms with van der Waals surface area (Å²) in [6, 6.07) is 2.62. The Labute approximate surface area is 73.7 Å². The molecule has 1 heterocycles. The van der Waals surface area contributed by atoms with Crippen molar-refractivity contribution in [2.75, 3.05) is 13.2 Å². The third kappa shape index (κ3) is 2.80. The van der Waals surface area contributed by atoms with Crippen LogP contribution in [0.5, 0.6) is 0 Å². The standard InChI is InChI=1S/C9H16N2O/c1-2-8(6-10)11-9-4-3-5-12-7-9/h8-9,11H,2-5,7H2,1H3. The predicted octanol–water partition coefficient (Wildman–Crippen LogP) is 1.06. The Hall–Kier alpha value is -0.590. The fraction of sp³-hybridized carbons (Fsp3) is 0.889. The molecule has 1 rings (SSSR count). The Morgan fingerprint density at radius 1 is 1.75 bits per heavy atom. The van der Waals surface area contributed by atoms with E-state index in [-0.39, 0.29) is 6.04 Å². The van der Waals surface area contributed by atoms with E-state index in [2.05, 4.69) is 11.4 Å². The lowest BCUT2D eigenvalue weighted by Gasteiger charge is -2.24. The van der Waals surface area contributed by atoms with E-state index in [1.54, 1.807) is 0 Å². The second-order valence-electron chi connectivity index (χ2n) is 3.17. The van der Waals surface area contributed by atoms with Gasteiger partial charge in [0, 0.05) is 12.6 Å². The molecular formula is C9H16N2O. The van der Waals surface area contributed by atoms with Gasteiger partial charge in [0.15, 0.2) is 0 Å². The van der Waals surface area contributed by atoms with Crippen molar-refractivity contribution in [3.63, 3.8) is 0 Å². The Bertz CT molecular complexity index is 158.